The minimum atomic E-state index is 0.796. The molecule has 1 aromatic heterocycles. The summed E-state index contributed by atoms with van der Waals surface area (Å²) in [6.07, 6.45) is 5.42. The molecular weight excluding hydrogens is 292 g/mol. The van der Waals surface area contributed by atoms with Crippen LogP contribution in [0.4, 0.5) is 0 Å². The van der Waals surface area contributed by atoms with Crippen LogP contribution in [-0.4, -0.2) is 30.6 Å². The summed E-state index contributed by atoms with van der Waals surface area (Å²) in [5, 5.41) is 3.65. The molecule has 18 heavy (non-hydrogen) atoms. The van der Waals surface area contributed by atoms with Crippen molar-refractivity contribution < 1.29 is 4.42 Å². The van der Waals surface area contributed by atoms with Gasteiger partial charge in [-0.25, -0.2) is 0 Å². The maximum Gasteiger partial charge on any atom is 0.169 e. The Morgan fingerprint density at radius 1 is 1.28 bits per heavy atom. The summed E-state index contributed by atoms with van der Waals surface area (Å²) in [4.78, 5) is 2.51. The molecule has 3 rings (SSSR count). The Kier molecular flexibility index (Phi) is 4.07. The quantitative estimate of drug-likeness (QED) is 0.930. The second kappa shape index (κ2) is 5.76. The number of nitrogens with one attached hydrogen (secondary N) is 1. The maximum atomic E-state index is 5.58. The van der Waals surface area contributed by atoms with Gasteiger partial charge in [0, 0.05) is 6.04 Å². The molecule has 1 aromatic rings. The molecule has 100 valence electrons. The third-order valence-corrected chi connectivity index (χ3v) is 4.73. The Bertz CT molecular complexity index is 379. The van der Waals surface area contributed by atoms with Crippen molar-refractivity contribution in [3.8, 4) is 0 Å². The van der Waals surface area contributed by atoms with Crippen molar-refractivity contribution in [2.24, 2.45) is 5.92 Å². The number of hydrogen-bond acceptors (Lipinski definition) is 3. The first-order valence-corrected chi connectivity index (χ1v) is 7.80. The van der Waals surface area contributed by atoms with Gasteiger partial charge in [-0.05, 0) is 79.3 Å². The van der Waals surface area contributed by atoms with Crippen molar-refractivity contribution in [2.45, 2.75) is 38.3 Å². The molecule has 1 unspecified atom stereocenters. The maximum absolute atomic E-state index is 5.58. The molecule has 2 saturated heterocycles. The van der Waals surface area contributed by atoms with Gasteiger partial charge in [-0.1, -0.05) is 0 Å². The lowest BCUT2D eigenvalue weighted by atomic mass is 9.88. The fourth-order valence-electron chi connectivity index (χ4n) is 3.28. The molecule has 1 N–H and O–H groups in total. The van der Waals surface area contributed by atoms with Crippen LogP contribution in [-0.2, 0) is 6.54 Å². The molecule has 0 bridgehead atoms. The van der Waals surface area contributed by atoms with E-state index in [2.05, 4.69) is 32.2 Å². The van der Waals surface area contributed by atoms with Crippen LogP contribution in [0.3, 0.4) is 0 Å². The normalized spacial score (nSPS) is 26.8. The zero-order valence-corrected chi connectivity index (χ0v) is 12.3. The Morgan fingerprint density at radius 2 is 2.11 bits per heavy atom. The number of likely N-dealkylation sites (tertiary alicyclic amines) is 1. The van der Waals surface area contributed by atoms with Crippen LogP contribution in [0.15, 0.2) is 21.2 Å². The minimum absolute atomic E-state index is 0.796. The molecular formula is C14H21BrN2O. The van der Waals surface area contributed by atoms with E-state index in [1.807, 2.05) is 6.07 Å². The van der Waals surface area contributed by atoms with Crippen LogP contribution in [0.1, 0.15) is 31.4 Å². The molecule has 0 saturated carbocycles. The summed E-state index contributed by atoms with van der Waals surface area (Å²) in [7, 11) is 0. The first-order valence-electron chi connectivity index (χ1n) is 7.01. The molecule has 2 aliphatic rings. The molecule has 2 fully saturated rings. The monoisotopic (exact) mass is 312 g/mol. The van der Waals surface area contributed by atoms with Crippen molar-refractivity contribution in [1.29, 1.82) is 0 Å². The summed E-state index contributed by atoms with van der Waals surface area (Å²) in [6.45, 7) is 4.60. The second-order valence-corrected chi connectivity index (χ2v) is 6.30. The smallest absolute Gasteiger partial charge is 0.169 e. The van der Waals surface area contributed by atoms with Crippen LogP contribution in [0.2, 0.25) is 0 Å². The van der Waals surface area contributed by atoms with Gasteiger partial charge in [-0.2, -0.15) is 0 Å². The highest BCUT2D eigenvalue weighted by Crippen LogP contribution is 2.26. The molecule has 0 spiro atoms. The van der Waals surface area contributed by atoms with Crippen molar-refractivity contribution in [3.05, 3.63) is 22.6 Å². The predicted octanol–water partition coefficient (Wildman–Crippen LogP) is 3.01. The standard InChI is InChI=1S/C14H21BrN2O/c15-14-4-3-12(18-14)10-17-8-5-11(6-9-17)13-2-1-7-16-13/h3-4,11,13,16H,1-2,5-10H2. The summed E-state index contributed by atoms with van der Waals surface area (Å²) in [5.41, 5.74) is 0. The molecule has 0 aliphatic carbocycles. The lowest BCUT2D eigenvalue weighted by Crippen LogP contribution is -2.40. The van der Waals surface area contributed by atoms with Crippen molar-refractivity contribution >= 4 is 15.9 Å². The van der Waals surface area contributed by atoms with E-state index in [4.69, 9.17) is 4.42 Å². The van der Waals surface area contributed by atoms with Gasteiger partial charge in [0.2, 0.25) is 0 Å². The number of rotatable bonds is 3. The van der Waals surface area contributed by atoms with Gasteiger partial charge in [0.25, 0.3) is 0 Å². The predicted molar refractivity (Wildman–Crippen MR) is 75.4 cm³/mol. The number of piperidine rings is 1. The highest BCUT2D eigenvalue weighted by Gasteiger charge is 2.28. The highest BCUT2D eigenvalue weighted by molar-refractivity contribution is 9.10. The fraction of sp³-hybridized carbons (Fsp3) is 0.714. The van der Waals surface area contributed by atoms with Gasteiger partial charge < -0.3 is 9.73 Å². The van der Waals surface area contributed by atoms with Crippen LogP contribution in [0.25, 0.3) is 0 Å². The average Bonchev–Trinajstić information content (AvgIpc) is 3.02. The van der Waals surface area contributed by atoms with Crippen LogP contribution >= 0.6 is 15.9 Å². The Labute approximate surface area is 117 Å². The topological polar surface area (TPSA) is 28.4 Å². The van der Waals surface area contributed by atoms with Gasteiger partial charge in [0.15, 0.2) is 4.67 Å². The van der Waals surface area contributed by atoms with E-state index in [-0.39, 0.29) is 0 Å². The van der Waals surface area contributed by atoms with E-state index < -0.39 is 0 Å². The molecule has 3 heterocycles. The van der Waals surface area contributed by atoms with E-state index in [1.54, 1.807) is 0 Å². The van der Waals surface area contributed by atoms with Gasteiger partial charge >= 0.3 is 0 Å². The summed E-state index contributed by atoms with van der Waals surface area (Å²) in [6, 6.07) is 4.84. The van der Waals surface area contributed by atoms with Crippen LogP contribution < -0.4 is 5.32 Å². The molecule has 4 heteroatoms. The highest BCUT2D eigenvalue weighted by atomic mass is 79.9. The Morgan fingerprint density at radius 3 is 2.72 bits per heavy atom. The second-order valence-electron chi connectivity index (χ2n) is 5.52. The third-order valence-electron chi connectivity index (χ3n) is 4.31. The average molecular weight is 313 g/mol. The lowest BCUT2D eigenvalue weighted by Gasteiger charge is -2.34. The zero-order chi connectivity index (χ0) is 12.4. The van der Waals surface area contributed by atoms with E-state index in [0.29, 0.717) is 0 Å². The van der Waals surface area contributed by atoms with Crippen LogP contribution in [0.5, 0.6) is 0 Å². The SMILES string of the molecule is Brc1ccc(CN2CCC(C3CCCN3)CC2)o1. The van der Waals surface area contributed by atoms with Gasteiger partial charge in [0.1, 0.15) is 5.76 Å². The number of nitrogens with zero attached hydrogens (tertiary/aromatic N) is 1. The minimum Gasteiger partial charge on any atom is -0.453 e. The Balaban J connectivity index is 1.47. The van der Waals surface area contributed by atoms with Gasteiger partial charge in [-0.3, -0.25) is 4.90 Å². The van der Waals surface area contributed by atoms with E-state index in [9.17, 15) is 0 Å². The van der Waals surface area contributed by atoms with E-state index >= 15 is 0 Å². The first-order chi connectivity index (χ1) is 8.81. The van der Waals surface area contributed by atoms with Crippen molar-refractivity contribution in [3.63, 3.8) is 0 Å². The lowest BCUT2D eigenvalue weighted by molar-refractivity contribution is 0.148. The molecule has 0 amide bonds. The van der Waals surface area contributed by atoms with E-state index in [0.717, 1.165) is 28.9 Å². The third kappa shape index (κ3) is 2.98. The number of halogens is 1. The van der Waals surface area contributed by atoms with E-state index in [1.165, 1.54) is 45.3 Å². The van der Waals surface area contributed by atoms with Crippen molar-refractivity contribution in [2.75, 3.05) is 19.6 Å². The first kappa shape index (κ1) is 12.7. The van der Waals surface area contributed by atoms with Crippen LogP contribution in [0, 0.1) is 5.92 Å². The van der Waals surface area contributed by atoms with Crippen molar-refractivity contribution in [1.82, 2.24) is 10.2 Å². The van der Waals surface area contributed by atoms with Gasteiger partial charge in [0.05, 0.1) is 6.54 Å². The number of furan rings is 1. The number of hydrogen-bond donors (Lipinski definition) is 1. The summed E-state index contributed by atoms with van der Waals surface area (Å²) >= 11 is 3.36. The largest absolute Gasteiger partial charge is 0.453 e. The molecule has 3 nitrogen and oxygen atoms in total. The zero-order valence-electron chi connectivity index (χ0n) is 10.7. The summed E-state index contributed by atoms with van der Waals surface area (Å²) in [5.74, 6) is 1.96. The fourth-order valence-corrected chi connectivity index (χ4v) is 3.62. The Hall–Kier alpha value is -0.320. The van der Waals surface area contributed by atoms with Gasteiger partial charge in [-0.15, -0.1) is 0 Å². The molecule has 2 aliphatic heterocycles. The molecule has 0 aromatic carbocycles. The molecule has 0 radical (unpaired) electrons. The summed E-state index contributed by atoms with van der Waals surface area (Å²) < 4.78 is 6.41. The molecule has 1 atom stereocenters.